The Morgan fingerprint density at radius 3 is 1.89 bits per heavy atom. The van der Waals surface area contributed by atoms with Gasteiger partial charge in [-0.3, -0.25) is 4.90 Å². The van der Waals surface area contributed by atoms with Crippen LogP contribution in [0.2, 0.25) is 0 Å². The van der Waals surface area contributed by atoms with Gasteiger partial charge in [-0.25, -0.2) is 9.97 Å². The highest BCUT2D eigenvalue weighted by Gasteiger charge is 2.40. The molecule has 304 valence electrons. The number of methoxy groups -OCH3 is 2. The number of aromatic nitrogens is 4. The second-order valence-corrected chi connectivity index (χ2v) is 16.2. The van der Waals surface area contributed by atoms with E-state index in [1.165, 1.54) is 38.6 Å². The first-order valence-electron chi connectivity index (χ1n) is 20.6. The topological polar surface area (TPSA) is 143 Å². The van der Waals surface area contributed by atoms with Crippen LogP contribution < -0.4 is 40.2 Å². The van der Waals surface area contributed by atoms with Gasteiger partial charge in [0.05, 0.1) is 27.4 Å². The fourth-order valence-corrected chi connectivity index (χ4v) is 8.24. The SMILES string of the molecule is CNc1cc(C)nc(Nc2ccc(OC)c(OCC3CN(CC4CC4CNc4cc(C)nc(Nc5ccc(OC)c(OCC6CCN(C7CCC7)C6)c5)n4)C3)c2)n1. The van der Waals surface area contributed by atoms with Crippen molar-refractivity contribution >= 4 is 34.9 Å². The van der Waals surface area contributed by atoms with Crippen LogP contribution in [0.1, 0.15) is 43.5 Å². The average Bonchev–Trinajstić information content (AvgIpc) is 3.76. The lowest BCUT2D eigenvalue weighted by molar-refractivity contribution is 0.0564. The number of hydrogen-bond donors (Lipinski definition) is 4. The zero-order chi connectivity index (χ0) is 39.3. The Bertz CT molecular complexity index is 1990. The molecule has 0 spiro atoms. The van der Waals surface area contributed by atoms with Crippen LogP contribution >= 0.6 is 0 Å². The lowest BCUT2D eigenvalue weighted by atomic mass is 9.92. The second-order valence-electron chi connectivity index (χ2n) is 16.2. The van der Waals surface area contributed by atoms with Gasteiger partial charge in [0.2, 0.25) is 11.9 Å². The Balaban J connectivity index is 0.765. The van der Waals surface area contributed by atoms with Crippen LogP contribution in [0.15, 0.2) is 48.5 Å². The van der Waals surface area contributed by atoms with E-state index in [4.69, 9.17) is 23.9 Å². The van der Waals surface area contributed by atoms with Crippen molar-refractivity contribution in [1.29, 1.82) is 0 Å². The summed E-state index contributed by atoms with van der Waals surface area (Å²) in [5, 5.41) is 13.4. The van der Waals surface area contributed by atoms with Gasteiger partial charge >= 0.3 is 0 Å². The molecule has 4 fully saturated rings. The number of ether oxygens (including phenoxy) is 4. The predicted molar refractivity (Wildman–Crippen MR) is 224 cm³/mol. The number of benzene rings is 2. The second kappa shape index (κ2) is 17.6. The quantitative estimate of drug-likeness (QED) is 0.0798. The van der Waals surface area contributed by atoms with Crippen molar-refractivity contribution < 1.29 is 18.9 Å². The van der Waals surface area contributed by atoms with Gasteiger partial charge in [0.25, 0.3) is 0 Å². The van der Waals surface area contributed by atoms with Crippen molar-refractivity contribution in [2.24, 2.45) is 23.7 Å². The van der Waals surface area contributed by atoms with Gasteiger partial charge in [-0.1, -0.05) is 6.42 Å². The van der Waals surface area contributed by atoms with Crippen LogP contribution in [-0.4, -0.2) is 110 Å². The molecular weight excluding hydrogens is 721 g/mol. The van der Waals surface area contributed by atoms with Crippen LogP contribution in [0, 0.1) is 37.5 Å². The number of hydrogen-bond acceptors (Lipinski definition) is 14. The smallest absolute Gasteiger partial charge is 0.229 e. The van der Waals surface area contributed by atoms with E-state index in [0.717, 1.165) is 84.7 Å². The highest BCUT2D eigenvalue weighted by molar-refractivity contribution is 5.62. The fraction of sp³-hybridized carbons (Fsp3) is 0.535. The van der Waals surface area contributed by atoms with Crippen LogP contribution in [0.25, 0.3) is 0 Å². The predicted octanol–water partition coefficient (Wildman–Crippen LogP) is 6.74. The minimum atomic E-state index is 0.484. The molecule has 2 saturated heterocycles. The van der Waals surface area contributed by atoms with E-state index in [-0.39, 0.29) is 0 Å². The third kappa shape index (κ3) is 9.90. The molecule has 3 atom stereocenters. The number of likely N-dealkylation sites (tertiary alicyclic amines) is 2. The van der Waals surface area contributed by atoms with Crippen LogP contribution in [0.5, 0.6) is 23.0 Å². The number of anilines is 6. The van der Waals surface area contributed by atoms with Crippen molar-refractivity contribution in [3.63, 3.8) is 0 Å². The summed E-state index contributed by atoms with van der Waals surface area (Å²) in [7, 11) is 5.20. The minimum absolute atomic E-state index is 0.484. The summed E-state index contributed by atoms with van der Waals surface area (Å²) in [5.74, 6) is 7.94. The zero-order valence-corrected chi connectivity index (χ0v) is 34.0. The highest BCUT2D eigenvalue weighted by Crippen LogP contribution is 2.41. The molecule has 4 heterocycles. The molecule has 0 amide bonds. The molecule has 57 heavy (non-hydrogen) atoms. The minimum Gasteiger partial charge on any atom is -0.493 e. The summed E-state index contributed by atoms with van der Waals surface area (Å²) in [5.41, 5.74) is 3.49. The molecule has 0 bridgehead atoms. The summed E-state index contributed by atoms with van der Waals surface area (Å²) in [6.07, 6.45) is 6.50. The highest BCUT2D eigenvalue weighted by atomic mass is 16.5. The molecule has 14 nitrogen and oxygen atoms in total. The molecule has 0 radical (unpaired) electrons. The van der Waals surface area contributed by atoms with E-state index < -0.39 is 0 Å². The Labute approximate surface area is 336 Å². The van der Waals surface area contributed by atoms with E-state index in [0.29, 0.717) is 60.3 Å². The fourth-order valence-electron chi connectivity index (χ4n) is 8.24. The molecular formula is C43H58N10O4. The normalized spacial score (nSPS) is 21.0. The Morgan fingerprint density at radius 2 is 1.30 bits per heavy atom. The van der Waals surface area contributed by atoms with E-state index in [9.17, 15) is 0 Å². The molecule has 2 aliphatic heterocycles. The zero-order valence-electron chi connectivity index (χ0n) is 34.0. The monoisotopic (exact) mass is 778 g/mol. The number of nitrogens with one attached hydrogen (secondary N) is 4. The van der Waals surface area contributed by atoms with E-state index >= 15 is 0 Å². The summed E-state index contributed by atoms with van der Waals surface area (Å²) in [6, 6.07) is 16.4. The lowest BCUT2D eigenvalue weighted by Crippen LogP contribution is -2.50. The van der Waals surface area contributed by atoms with Gasteiger partial charge in [0, 0.05) is 105 Å². The maximum Gasteiger partial charge on any atom is 0.229 e. The van der Waals surface area contributed by atoms with Gasteiger partial charge in [-0.2, -0.15) is 9.97 Å². The van der Waals surface area contributed by atoms with Gasteiger partial charge in [-0.05, 0) is 82.2 Å². The Kier molecular flexibility index (Phi) is 12.0. The van der Waals surface area contributed by atoms with Crippen molar-refractivity contribution in [2.45, 2.75) is 52.0 Å². The van der Waals surface area contributed by atoms with E-state index in [2.05, 4.69) is 46.0 Å². The molecule has 2 saturated carbocycles. The Hall–Kier alpha value is -5.08. The van der Waals surface area contributed by atoms with Crippen LogP contribution in [0.3, 0.4) is 0 Å². The first-order valence-corrected chi connectivity index (χ1v) is 20.6. The van der Waals surface area contributed by atoms with Crippen LogP contribution in [0.4, 0.5) is 34.9 Å². The molecule has 2 aliphatic carbocycles. The standard InChI is InChI=1S/C43H58N10O4/c1-27-15-40(44-3)50-42(46-27)48-33-9-12-37(55-5)39(19-33)57-26-30-21-52(22-30)24-32-17-31(32)20-45-41-16-28(2)47-43(51-41)49-34-10-11-36(54-4)38(18-34)56-25-29-13-14-53(23-29)35-7-6-8-35/h9-12,15-16,18-19,29-32,35H,6-8,13-14,17,20-26H2,1-5H3,(H2,44,46,48,50)(H2,45,47,49,51). The molecule has 2 aromatic carbocycles. The summed E-state index contributed by atoms with van der Waals surface area (Å²) >= 11 is 0. The van der Waals surface area contributed by atoms with E-state index in [1.807, 2.05) is 69.4 Å². The maximum atomic E-state index is 6.35. The molecule has 8 rings (SSSR count). The van der Waals surface area contributed by atoms with Crippen LogP contribution in [-0.2, 0) is 0 Å². The first-order chi connectivity index (χ1) is 27.8. The largest absolute Gasteiger partial charge is 0.493 e. The average molecular weight is 779 g/mol. The molecule has 4 aromatic rings. The summed E-state index contributed by atoms with van der Waals surface area (Å²) in [6.45, 7) is 11.7. The Morgan fingerprint density at radius 1 is 0.684 bits per heavy atom. The van der Waals surface area contributed by atoms with Gasteiger partial charge in [0.1, 0.15) is 11.6 Å². The summed E-state index contributed by atoms with van der Waals surface area (Å²) < 4.78 is 23.9. The van der Waals surface area contributed by atoms with Crippen molar-refractivity contribution in [2.75, 3.05) is 95.0 Å². The lowest BCUT2D eigenvalue weighted by Gasteiger charge is -2.39. The number of rotatable bonds is 19. The first kappa shape index (κ1) is 38.8. The van der Waals surface area contributed by atoms with Gasteiger partial charge in [-0.15, -0.1) is 0 Å². The number of nitrogens with zero attached hydrogens (tertiary/aromatic N) is 6. The molecule has 3 unspecified atom stereocenters. The number of aryl methyl sites for hydroxylation is 2. The maximum absolute atomic E-state index is 6.35. The van der Waals surface area contributed by atoms with Gasteiger partial charge in [0.15, 0.2) is 23.0 Å². The van der Waals surface area contributed by atoms with Crippen molar-refractivity contribution in [1.82, 2.24) is 29.7 Å². The van der Waals surface area contributed by atoms with Gasteiger partial charge < -0.3 is 45.1 Å². The van der Waals surface area contributed by atoms with Crippen molar-refractivity contribution in [3.8, 4) is 23.0 Å². The third-order valence-corrected chi connectivity index (χ3v) is 11.8. The van der Waals surface area contributed by atoms with Crippen molar-refractivity contribution in [3.05, 3.63) is 59.9 Å². The van der Waals surface area contributed by atoms with E-state index in [1.54, 1.807) is 14.2 Å². The molecule has 4 N–H and O–H groups in total. The third-order valence-electron chi connectivity index (χ3n) is 11.8. The molecule has 14 heteroatoms. The molecule has 4 aliphatic rings. The summed E-state index contributed by atoms with van der Waals surface area (Å²) in [4.78, 5) is 23.7. The molecule has 2 aromatic heterocycles.